The largest absolute Gasteiger partial charge is 0.393 e. The molecule has 1 aliphatic heterocycles. The van der Waals surface area contributed by atoms with Gasteiger partial charge in [0.25, 0.3) is 0 Å². The number of hydrogen-bond acceptors (Lipinski definition) is 14. The first-order chi connectivity index (χ1) is 36.6. The highest BCUT2D eigenvalue weighted by atomic mass is 16.3. The fourth-order valence-corrected chi connectivity index (χ4v) is 8.47. The van der Waals surface area contributed by atoms with Crippen LogP contribution in [0.15, 0.2) is 17.1 Å². The van der Waals surface area contributed by atoms with Crippen molar-refractivity contribution in [2.24, 2.45) is 39.4 Å². The molecule has 76 heavy (non-hydrogen) atoms. The molecule has 1 aliphatic rings. The van der Waals surface area contributed by atoms with E-state index in [1.807, 2.05) is 0 Å². The summed E-state index contributed by atoms with van der Waals surface area (Å²) in [6.45, 7) is 3.28. The molecule has 21 N–H and O–H groups in total. The molecule has 1 saturated heterocycles. The summed E-state index contributed by atoms with van der Waals surface area (Å²) in [4.78, 5) is 115. The third kappa shape index (κ3) is 32.9. The van der Waals surface area contributed by atoms with Gasteiger partial charge in [-0.1, -0.05) is 38.3 Å². The molecule has 0 aromatic carbocycles. The van der Waals surface area contributed by atoms with Crippen molar-refractivity contribution in [3.8, 4) is 0 Å². The third-order valence-corrected chi connectivity index (χ3v) is 12.9. The van der Waals surface area contributed by atoms with Crippen molar-refractivity contribution in [3.63, 3.8) is 0 Å². The summed E-state index contributed by atoms with van der Waals surface area (Å²) in [5.74, 6) is -5.27. The maximum absolute atomic E-state index is 14.4. The first-order valence-electron chi connectivity index (χ1n) is 28.1. The molecule has 1 fully saturated rings. The number of allylic oxidation sites excluding steroid dienone is 2. The predicted octanol–water partition coefficient (Wildman–Crippen LogP) is -0.671. The van der Waals surface area contributed by atoms with Crippen molar-refractivity contribution in [3.05, 3.63) is 12.2 Å². The van der Waals surface area contributed by atoms with E-state index in [1.165, 1.54) is 19.3 Å². The predicted molar refractivity (Wildman–Crippen MR) is 295 cm³/mol. The summed E-state index contributed by atoms with van der Waals surface area (Å²) in [5, 5.41) is 32.5. The van der Waals surface area contributed by atoms with Crippen LogP contribution in [0.2, 0.25) is 0 Å². The van der Waals surface area contributed by atoms with Crippen LogP contribution in [0.4, 0.5) is 0 Å². The highest BCUT2D eigenvalue weighted by Crippen LogP contribution is 2.13. The second kappa shape index (κ2) is 43.6. The van der Waals surface area contributed by atoms with Crippen LogP contribution >= 0.6 is 0 Å². The number of rotatable bonds is 36. The zero-order valence-corrected chi connectivity index (χ0v) is 45.7. The Labute approximate surface area is 451 Å². The SMILES string of the molecule is CCCCCC/C=C\CCC[C@@H](O)CC(=O)NCC(=O)N[C@@H](CCCN=C(N)N)C(=O)N[C@@H]1CCCCNC(=O)[C@H](CCCCN)NC(=O)[C@@H](CCCCN)NC(=O)[C@@H](CCCCN)NC(=O)[C@H](CCCCN)NC1=O. The van der Waals surface area contributed by atoms with Gasteiger partial charge in [0.05, 0.1) is 19.1 Å². The summed E-state index contributed by atoms with van der Waals surface area (Å²) in [5.41, 5.74) is 34.1. The Morgan fingerprint density at radius 3 is 1.62 bits per heavy atom. The smallest absolute Gasteiger partial charge is 0.243 e. The van der Waals surface area contributed by atoms with Gasteiger partial charge in [-0.05, 0) is 167 Å². The van der Waals surface area contributed by atoms with Crippen molar-refractivity contribution >= 4 is 53.2 Å². The van der Waals surface area contributed by atoms with Crippen molar-refractivity contribution < 1.29 is 43.5 Å². The molecule has 1 rings (SSSR count). The molecule has 0 bridgehead atoms. The molecule has 436 valence electrons. The number of unbranched alkanes of at least 4 members (excludes halogenated alkanes) is 9. The Morgan fingerprint density at radius 2 is 1.12 bits per heavy atom. The average Bonchev–Trinajstić information content (AvgIpc) is 3.38. The van der Waals surface area contributed by atoms with Gasteiger partial charge < -0.3 is 82.0 Å². The van der Waals surface area contributed by atoms with Gasteiger partial charge >= 0.3 is 0 Å². The zero-order valence-electron chi connectivity index (χ0n) is 45.7. The monoisotopic (exact) mass is 1080 g/mol. The first kappa shape index (κ1) is 68.6. The second-order valence-corrected chi connectivity index (χ2v) is 19.7. The Hall–Kier alpha value is -5.43. The van der Waals surface area contributed by atoms with Gasteiger partial charge in [0, 0.05) is 13.1 Å². The standard InChI is InChI=1S/C52H99N15O9/c1-2-3-4-5-6-7-8-9-10-22-37(68)35-44(69)61-36-45(70)62-39(28-21-34-60-52(57)58)47(72)64-43-27-15-20-33-59-46(71)38(23-11-16-29-53)63-48(73)40(24-12-17-30-54)65-49(74)41(25-13-18-31-55)66-50(75)42(67-51(43)76)26-14-19-32-56/h7-8,37-43,68H,2-6,9-36,53-56H2,1H3,(H,59,71)(H,61,69)(H,62,70)(H,63,73)(H,64,72)(H,65,74)(H,66,75)(H,67,76)(H4,57,58,60)/b8-7-/t37-,38+,39+,40-,41-,42+,43-/m1/s1. The van der Waals surface area contributed by atoms with Crippen molar-refractivity contribution in [1.29, 1.82) is 0 Å². The molecule has 0 saturated carbocycles. The van der Waals surface area contributed by atoms with Crippen LogP contribution in [0.1, 0.15) is 174 Å². The van der Waals surface area contributed by atoms with Gasteiger partial charge in [0.2, 0.25) is 47.3 Å². The Bertz CT molecular complexity index is 1750. The quantitative estimate of drug-likeness (QED) is 0.0160. The number of nitrogens with one attached hydrogen (secondary N) is 8. The minimum atomic E-state index is -1.27. The molecule has 24 nitrogen and oxygen atoms in total. The summed E-state index contributed by atoms with van der Waals surface area (Å²) in [7, 11) is 0. The Balaban J connectivity index is 3.47. The first-order valence-corrected chi connectivity index (χ1v) is 28.1. The van der Waals surface area contributed by atoms with Gasteiger partial charge in [-0.3, -0.25) is 43.3 Å². The number of aliphatic hydroxyl groups excluding tert-OH is 1. The molecule has 0 spiro atoms. The van der Waals surface area contributed by atoms with Crippen LogP contribution in [0.25, 0.3) is 0 Å². The molecule has 0 aromatic rings. The number of aliphatic imine (C=N–C) groups is 1. The minimum Gasteiger partial charge on any atom is -0.393 e. The number of guanidine groups is 1. The minimum absolute atomic E-state index is 0.0170. The van der Waals surface area contributed by atoms with Crippen LogP contribution in [-0.2, 0) is 38.4 Å². The fourth-order valence-electron chi connectivity index (χ4n) is 8.47. The van der Waals surface area contributed by atoms with Gasteiger partial charge in [0.1, 0.15) is 36.3 Å². The molecular formula is C52H99N15O9. The van der Waals surface area contributed by atoms with Crippen LogP contribution < -0.4 is 76.9 Å². The van der Waals surface area contributed by atoms with E-state index >= 15 is 0 Å². The number of amides is 8. The van der Waals surface area contributed by atoms with Gasteiger partial charge in [-0.15, -0.1) is 0 Å². The molecule has 0 aromatic heterocycles. The Kier molecular flexibility index (Phi) is 39.4. The highest BCUT2D eigenvalue weighted by molar-refractivity contribution is 5.97. The summed E-state index contributed by atoms with van der Waals surface area (Å²) < 4.78 is 0. The van der Waals surface area contributed by atoms with Gasteiger partial charge in [-0.2, -0.15) is 0 Å². The molecule has 0 radical (unpaired) electrons. The summed E-state index contributed by atoms with van der Waals surface area (Å²) in [6.07, 6.45) is 16.5. The fraction of sp³-hybridized carbons (Fsp3) is 0.788. The molecule has 7 atom stereocenters. The Morgan fingerprint density at radius 1 is 0.618 bits per heavy atom. The normalized spacial score (nSPS) is 20.1. The zero-order chi connectivity index (χ0) is 56.4. The van der Waals surface area contributed by atoms with Gasteiger partial charge in [-0.25, -0.2) is 0 Å². The van der Waals surface area contributed by atoms with Crippen molar-refractivity contribution in [2.45, 2.75) is 216 Å². The molecule has 1 heterocycles. The van der Waals surface area contributed by atoms with Crippen LogP contribution in [-0.4, -0.2) is 146 Å². The van der Waals surface area contributed by atoms with Crippen molar-refractivity contribution in [2.75, 3.05) is 45.8 Å². The van der Waals surface area contributed by atoms with E-state index in [0.717, 1.165) is 19.3 Å². The third-order valence-electron chi connectivity index (χ3n) is 12.9. The lowest BCUT2D eigenvalue weighted by Gasteiger charge is -2.28. The second-order valence-electron chi connectivity index (χ2n) is 19.7. The van der Waals surface area contributed by atoms with Crippen molar-refractivity contribution in [1.82, 2.24) is 42.5 Å². The number of hydrogen-bond donors (Lipinski definition) is 15. The van der Waals surface area contributed by atoms with Crippen LogP contribution in [0.5, 0.6) is 0 Å². The highest BCUT2D eigenvalue weighted by Gasteiger charge is 2.33. The van der Waals surface area contributed by atoms with E-state index < -0.39 is 96.2 Å². The molecule has 0 aliphatic carbocycles. The molecule has 24 heteroatoms. The number of carbonyl (C=O) groups excluding carboxylic acids is 8. The van der Waals surface area contributed by atoms with E-state index in [0.29, 0.717) is 96.8 Å². The van der Waals surface area contributed by atoms with Crippen LogP contribution in [0.3, 0.4) is 0 Å². The lowest BCUT2D eigenvalue weighted by Crippen LogP contribution is -2.59. The lowest BCUT2D eigenvalue weighted by molar-refractivity contribution is -0.135. The van der Waals surface area contributed by atoms with E-state index in [9.17, 15) is 43.5 Å². The topological polar surface area (TPSA) is 422 Å². The number of aliphatic hydroxyl groups is 1. The lowest BCUT2D eigenvalue weighted by atomic mass is 10.0. The summed E-state index contributed by atoms with van der Waals surface area (Å²) >= 11 is 0. The molecular weight excluding hydrogens is 979 g/mol. The van der Waals surface area contributed by atoms with E-state index in [-0.39, 0.29) is 76.8 Å². The van der Waals surface area contributed by atoms with E-state index in [2.05, 4.69) is 66.6 Å². The summed E-state index contributed by atoms with van der Waals surface area (Å²) in [6, 6.07) is -6.89. The number of carbonyl (C=O) groups is 8. The maximum atomic E-state index is 14.4. The molecule has 0 unspecified atom stereocenters. The molecule has 8 amide bonds. The average molecular weight is 1080 g/mol. The number of nitrogens with zero attached hydrogens (tertiary/aromatic N) is 1. The van der Waals surface area contributed by atoms with E-state index in [1.54, 1.807) is 0 Å². The van der Waals surface area contributed by atoms with E-state index in [4.69, 9.17) is 34.4 Å². The van der Waals surface area contributed by atoms with Crippen LogP contribution in [0, 0.1) is 0 Å². The maximum Gasteiger partial charge on any atom is 0.243 e. The van der Waals surface area contributed by atoms with Gasteiger partial charge in [0.15, 0.2) is 5.96 Å². The number of nitrogens with two attached hydrogens (primary N) is 6.